The van der Waals surface area contributed by atoms with E-state index in [-0.39, 0.29) is 16.0 Å². The van der Waals surface area contributed by atoms with E-state index in [2.05, 4.69) is 15.6 Å². The Kier molecular flexibility index (Phi) is 6.56. The summed E-state index contributed by atoms with van der Waals surface area (Å²) in [5, 5.41) is 8.80. The first-order valence-corrected chi connectivity index (χ1v) is 11.0. The van der Waals surface area contributed by atoms with Crippen LogP contribution in [-0.4, -0.2) is 20.2 Å². The van der Waals surface area contributed by atoms with Crippen LogP contribution in [0, 0.1) is 25.2 Å². The van der Waals surface area contributed by atoms with Gasteiger partial charge in [0.2, 0.25) is 0 Å². The van der Waals surface area contributed by atoms with Crippen molar-refractivity contribution in [2.45, 2.75) is 18.7 Å². The van der Waals surface area contributed by atoms with Gasteiger partial charge in [0.05, 0.1) is 22.2 Å². The van der Waals surface area contributed by atoms with Crippen molar-refractivity contribution in [1.29, 1.82) is 5.26 Å². The van der Waals surface area contributed by atoms with Gasteiger partial charge in [-0.25, -0.2) is 8.42 Å². The third-order valence-electron chi connectivity index (χ3n) is 4.60. The molecule has 0 aliphatic carbocycles. The summed E-state index contributed by atoms with van der Waals surface area (Å²) in [6.45, 7) is 3.71. The molecule has 3 aromatic rings. The number of amides is 2. The number of nitrogens with one attached hydrogen (secondary N) is 3. The number of nitrogens with zero attached hydrogens (tertiary/aromatic N) is 1. The lowest BCUT2D eigenvalue weighted by molar-refractivity contribution is 0.0846. The van der Waals surface area contributed by atoms with Gasteiger partial charge in [0.15, 0.2) is 0 Å². The van der Waals surface area contributed by atoms with Crippen LogP contribution in [0.15, 0.2) is 71.6 Å². The van der Waals surface area contributed by atoms with Crippen molar-refractivity contribution in [2.24, 2.45) is 0 Å². The third-order valence-corrected chi connectivity index (χ3v) is 5.96. The number of benzene rings is 3. The summed E-state index contributed by atoms with van der Waals surface area (Å²) in [6.07, 6.45) is 0. The highest BCUT2D eigenvalue weighted by molar-refractivity contribution is 7.92. The number of aryl methyl sites for hydroxylation is 2. The molecule has 8 nitrogen and oxygen atoms in total. The predicted molar refractivity (Wildman–Crippen MR) is 119 cm³/mol. The lowest BCUT2D eigenvalue weighted by atomic mass is 10.1. The summed E-state index contributed by atoms with van der Waals surface area (Å²) >= 11 is 0. The molecule has 0 aromatic heterocycles. The molecule has 0 heterocycles. The Morgan fingerprint density at radius 3 is 2.12 bits per heavy atom. The molecule has 0 aliphatic heterocycles. The van der Waals surface area contributed by atoms with Crippen molar-refractivity contribution in [2.75, 3.05) is 4.72 Å². The van der Waals surface area contributed by atoms with Gasteiger partial charge < -0.3 is 0 Å². The van der Waals surface area contributed by atoms with Crippen LogP contribution >= 0.6 is 0 Å². The Labute approximate surface area is 185 Å². The molecule has 0 radical (unpaired) electrons. The first-order valence-electron chi connectivity index (χ1n) is 9.50. The molecule has 0 bridgehead atoms. The van der Waals surface area contributed by atoms with Crippen LogP contribution in [0.4, 0.5) is 5.69 Å². The summed E-state index contributed by atoms with van der Waals surface area (Å²) in [4.78, 5) is 24.5. The second-order valence-electron chi connectivity index (χ2n) is 7.05. The molecule has 0 saturated carbocycles. The maximum Gasteiger partial charge on any atom is 0.269 e. The second-order valence-corrected chi connectivity index (χ2v) is 8.73. The lowest BCUT2D eigenvalue weighted by Crippen LogP contribution is -2.41. The molecular weight excluding hydrogens is 428 g/mol. The van der Waals surface area contributed by atoms with Crippen LogP contribution in [0.3, 0.4) is 0 Å². The Morgan fingerprint density at radius 2 is 1.50 bits per heavy atom. The largest absolute Gasteiger partial charge is 0.279 e. The van der Waals surface area contributed by atoms with Crippen LogP contribution in [0.1, 0.15) is 37.4 Å². The van der Waals surface area contributed by atoms with E-state index < -0.39 is 21.8 Å². The Morgan fingerprint density at radius 1 is 0.844 bits per heavy atom. The molecule has 162 valence electrons. The zero-order valence-corrected chi connectivity index (χ0v) is 18.2. The van der Waals surface area contributed by atoms with E-state index in [9.17, 15) is 18.0 Å². The summed E-state index contributed by atoms with van der Waals surface area (Å²) < 4.78 is 28.1. The SMILES string of the molecule is Cc1ccc(NS(=O)(=O)c2cccc(C(=O)NNC(=O)c3ccc(C#N)cc3)c2)c(C)c1. The standard InChI is InChI=1S/C23H20N4O4S/c1-15-6-11-21(16(2)12-15)27-32(30,31)20-5-3-4-19(13-20)23(29)26-25-22(28)18-9-7-17(14-24)8-10-18/h3-13,27H,1-2H3,(H,25,28)(H,26,29). The second kappa shape index (κ2) is 9.32. The zero-order valence-electron chi connectivity index (χ0n) is 17.3. The van der Waals surface area contributed by atoms with E-state index in [1.54, 1.807) is 19.1 Å². The predicted octanol–water partition coefficient (Wildman–Crippen LogP) is 3.05. The maximum absolute atomic E-state index is 12.8. The molecule has 3 aromatic carbocycles. The molecule has 2 amide bonds. The van der Waals surface area contributed by atoms with Crippen molar-refractivity contribution in [3.8, 4) is 6.07 Å². The number of carbonyl (C=O) groups is 2. The first-order chi connectivity index (χ1) is 15.2. The van der Waals surface area contributed by atoms with Gasteiger partial charge in [-0.2, -0.15) is 5.26 Å². The molecule has 32 heavy (non-hydrogen) atoms. The molecule has 0 fully saturated rings. The van der Waals surface area contributed by atoms with Gasteiger partial charge >= 0.3 is 0 Å². The molecule has 3 N–H and O–H groups in total. The van der Waals surface area contributed by atoms with Gasteiger partial charge in [-0.3, -0.25) is 25.2 Å². The molecule has 0 atom stereocenters. The molecule has 0 spiro atoms. The minimum absolute atomic E-state index is 0.0497. The highest BCUT2D eigenvalue weighted by Gasteiger charge is 2.18. The smallest absolute Gasteiger partial charge is 0.269 e. The minimum atomic E-state index is -3.93. The van der Waals surface area contributed by atoms with Crippen molar-refractivity contribution < 1.29 is 18.0 Å². The van der Waals surface area contributed by atoms with Gasteiger partial charge in [-0.05, 0) is 67.9 Å². The Balaban J connectivity index is 1.70. The summed E-state index contributed by atoms with van der Waals surface area (Å²) in [6, 6.07) is 18.6. The van der Waals surface area contributed by atoms with Gasteiger partial charge in [-0.1, -0.05) is 23.8 Å². The van der Waals surface area contributed by atoms with Crippen molar-refractivity contribution in [3.63, 3.8) is 0 Å². The topological polar surface area (TPSA) is 128 Å². The van der Waals surface area contributed by atoms with Gasteiger partial charge in [0.1, 0.15) is 0 Å². The number of anilines is 1. The summed E-state index contributed by atoms with van der Waals surface area (Å²) in [5.74, 6) is -1.27. The number of rotatable bonds is 5. The third kappa shape index (κ3) is 5.30. The molecule has 3 rings (SSSR count). The van der Waals surface area contributed by atoms with Crippen molar-refractivity contribution in [3.05, 3.63) is 94.5 Å². The summed E-state index contributed by atoms with van der Waals surface area (Å²) in [7, 11) is -3.93. The fourth-order valence-electron chi connectivity index (χ4n) is 2.89. The van der Waals surface area contributed by atoms with Crippen LogP contribution in [0.2, 0.25) is 0 Å². The van der Waals surface area contributed by atoms with E-state index in [0.717, 1.165) is 11.1 Å². The van der Waals surface area contributed by atoms with E-state index >= 15 is 0 Å². The zero-order chi connectivity index (χ0) is 23.3. The van der Waals surface area contributed by atoms with E-state index in [1.165, 1.54) is 48.5 Å². The Hall–Kier alpha value is -4.16. The maximum atomic E-state index is 12.8. The summed E-state index contributed by atoms with van der Waals surface area (Å²) in [5.41, 5.74) is 7.43. The number of nitriles is 1. The lowest BCUT2D eigenvalue weighted by Gasteiger charge is -2.12. The number of hydrogen-bond donors (Lipinski definition) is 3. The number of hydrazine groups is 1. The van der Waals surface area contributed by atoms with Gasteiger partial charge in [-0.15, -0.1) is 0 Å². The average Bonchev–Trinajstić information content (AvgIpc) is 2.79. The van der Waals surface area contributed by atoms with Crippen LogP contribution in [0.25, 0.3) is 0 Å². The van der Waals surface area contributed by atoms with E-state index in [4.69, 9.17) is 5.26 Å². The number of carbonyl (C=O) groups excluding carboxylic acids is 2. The van der Waals surface area contributed by atoms with Crippen LogP contribution in [0.5, 0.6) is 0 Å². The van der Waals surface area contributed by atoms with Gasteiger partial charge in [0.25, 0.3) is 21.8 Å². The molecule has 0 aliphatic rings. The molecule has 0 unspecified atom stereocenters. The average molecular weight is 449 g/mol. The fourth-order valence-corrected chi connectivity index (χ4v) is 4.07. The molecule has 0 saturated heterocycles. The normalized spacial score (nSPS) is 10.7. The number of sulfonamides is 1. The minimum Gasteiger partial charge on any atom is -0.279 e. The molecule has 9 heteroatoms. The monoisotopic (exact) mass is 448 g/mol. The van der Waals surface area contributed by atoms with E-state index in [1.807, 2.05) is 19.1 Å². The molecular formula is C23H20N4O4S. The number of hydrogen-bond acceptors (Lipinski definition) is 5. The van der Waals surface area contributed by atoms with Crippen LogP contribution < -0.4 is 15.6 Å². The Bertz CT molecular complexity index is 1330. The van der Waals surface area contributed by atoms with Crippen molar-refractivity contribution >= 4 is 27.5 Å². The quantitative estimate of drug-likeness (QED) is 0.517. The van der Waals surface area contributed by atoms with E-state index in [0.29, 0.717) is 11.3 Å². The fraction of sp³-hybridized carbons (Fsp3) is 0.0870. The van der Waals surface area contributed by atoms with Crippen LogP contribution in [-0.2, 0) is 10.0 Å². The highest BCUT2D eigenvalue weighted by atomic mass is 32.2. The highest BCUT2D eigenvalue weighted by Crippen LogP contribution is 2.21. The van der Waals surface area contributed by atoms with Gasteiger partial charge in [0, 0.05) is 11.1 Å². The van der Waals surface area contributed by atoms with Crippen molar-refractivity contribution in [1.82, 2.24) is 10.9 Å². The first kappa shape index (κ1) is 22.5.